The highest BCUT2D eigenvalue weighted by Crippen LogP contribution is 2.12. The molecule has 0 aliphatic carbocycles. The Balaban J connectivity index is 3.90. The smallest absolute Gasteiger partial charge is 0.216 e. The molecule has 0 radical (unpaired) electrons. The van der Waals surface area contributed by atoms with Gasteiger partial charge in [0.15, 0.2) is 0 Å². The summed E-state index contributed by atoms with van der Waals surface area (Å²) in [4.78, 5) is 0. The largest absolute Gasteiger partial charge is 0.385 e. The molecule has 0 saturated heterocycles. The molecule has 0 aromatic carbocycles. The number of rotatable bonds is 7. The SMILES string of the molecule is COCCCC[C@H](C)S(=O)(=O)N(C)C. The maximum atomic E-state index is 11.6. The molecule has 0 saturated carbocycles. The Kier molecular flexibility index (Phi) is 6.31. The third kappa shape index (κ3) is 4.39. The number of methoxy groups -OCH3 is 1. The van der Waals surface area contributed by atoms with E-state index < -0.39 is 10.0 Å². The number of hydrogen-bond acceptors (Lipinski definition) is 3. The lowest BCUT2D eigenvalue weighted by atomic mass is 10.2. The fourth-order valence-electron chi connectivity index (χ4n) is 1.19. The number of sulfonamides is 1. The zero-order valence-corrected chi connectivity index (χ0v) is 10.3. The van der Waals surface area contributed by atoms with E-state index in [1.54, 1.807) is 28.1 Å². The Hall–Kier alpha value is -0.130. The molecule has 4 nitrogen and oxygen atoms in total. The van der Waals surface area contributed by atoms with Crippen molar-refractivity contribution in [3.63, 3.8) is 0 Å². The van der Waals surface area contributed by atoms with E-state index in [-0.39, 0.29) is 5.25 Å². The Bertz CT molecular complexity index is 236. The second-order valence-electron chi connectivity index (χ2n) is 3.63. The normalized spacial score (nSPS) is 14.6. The zero-order valence-electron chi connectivity index (χ0n) is 9.49. The predicted octanol–water partition coefficient (Wildman–Crippen LogP) is 1.08. The summed E-state index contributed by atoms with van der Waals surface area (Å²) >= 11 is 0. The first-order valence-electron chi connectivity index (χ1n) is 4.83. The molecule has 0 amide bonds. The maximum Gasteiger partial charge on any atom is 0.216 e. The summed E-state index contributed by atoms with van der Waals surface area (Å²) in [6.07, 6.45) is 2.51. The Morgan fingerprint density at radius 2 is 1.86 bits per heavy atom. The van der Waals surface area contributed by atoms with Crippen LogP contribution in [-0.2, 0) is 14.8 Å². The van der Waals surface area contributed by atoms with E-state index in [2.05, 4.69) is 0 Å². The van der Waals surface area contributed by atoms with Crippen LogP contribution in [0.5, 0.6) is 0 Å². The van der Waals surface area contributed by atoms with Gasteiger partial charge in [-0.2, -0.15) is 0 Å². The molecule has 0 fully saturated rings. The summed E-state index contributed by atoms with van der Waals surface area (Å²) in [5.41, 5.74) is 0. The van der Waals surface area contributed by atoms with Crippen molar-refractivity contribution in [3.05, 3.63) is 0 Å². The molecule has 0 N–H and O–H groups in total. The molecule has 5 heteroatoms. The van der Waals surface area contributed by atoms with Gasteiger partial charge in [-0.1, -0.05) is 0 Å². The van der Waals surface area contributed by atoms with Crippen molar-refractivity contribution in [1.82, 2.24) is 4.31 Å². The van der Waals surface area contributed by atoms with E-state index in [4.69, 9.17) is 4.74 Å². The van der Waals surface area contributed by atoms with Crippen molar-refractivity contribution in [3.8, 4) is 0 Å². The molecule has 1 atom stereocenters. The summed E-state index contributed by atoms with van der Waals surface area (Å²) in [6, 6.07) is 0. The van der Waals surface area contributed by atoms with Gasteiger partial charge in [0.25, 0.3) is 0 Å². The van der Waals surface area contributed by atoms with Gasteiger partial charge in [0.05, 0.1) is 5.25 Å². The Morgan fingerprint density at radius 3 is 2.29 bits per heavy atom. The van der Waals surface area contributed by atoms with Gasteiger partial charge in [0.1, 0.15) is 0 Å². The molecule has 86 valence electrons. The van der Waals surface area contributed by atoms with Crippen LogP contribution in [0.4, 0.5) is 0 Å². The highest BCUT2D eigenvalue weighted by molar-refractivity contribution is 7.89. The second kappa shape index (κ2) is 6.37. The molecular formula is C9H21NO3S. The van der Waals surface area contributed by atoms with Crippen LogP contribution in [0.2, 0.25) is 0 Å². The van der Waals surface area contributed by atoms with Crippen molar-refractivity contribution in [1.29, 1.82) is 0 Å². The molecular weight excluding hydrogens is 202 g/mol. The van der Waals surface area contributed by atoms with E-state index in [1.807, 2.05) is 0 Å². The van der Waals surface area contributed by atoms with Gasteiger partial charge >= 0.3 is 0 Å². The van der Waals surface area contributed by atoms with E-state index in [0.717, 1.165) is 12.8 Å². The van der Waals surface area contributed by atoms with Gasteiger partial charge in [0.2, 0.25) is 10.0 Å². The molecule has 0 aliphatic rings. The van der Waals surface area contributed by atoms with Crippen LogP contribution in [0.1, 0.15) is 26.2 Å². The van der Waals surface area contributed by atoms with Crippen molar-refractivity contribution >= 4 is 10.0 Å². The van der Waals surface area contributed by atoms with Gasteiger partial charge in [-0.25, -0.2) is 12.7 Å². The highest BCUT2D eigenvalue weighted by atomic mass is 32.2. The molecule has 0 unspecified atom stereocenters. The molecule has 0 aromatic heterocycles. The first-order valence-corrected chi connectivity index (χ1v) is 6.33. The molecule has 0 bridgehead atoms. The topological polar surface area (TPSA) is 46.6 Å². The van der Waals surface area contributed by atoms with E-state index >= 15 is 0 Å². The van der Waals surface area contributed by atoms with Crippen LogP contribution in [0.15, 0.2) is 0 Å². The number of ether oxygens (including phenoxy) is 1. The first-order chi connectivity index (χ1) is 6.42. The first kappa shape index (κ1) is 13.9. The molecule has 0 aliphatic heterocycles. The molecule has 14 heavy (non-hydrogen) atoms. The van der Waals surface area contributed by atoms with Crippen LogP contribution in [0, 0.1) is 0 Å². The third-order valence-corrected chi connectivity index (χ3v) is 4.50. The average molecular weight is 223 g/mol. The van der Waals surface area contributed by atoms with Gasteiger partial charge < -0.3 is 4.74 Å². The minimum Gasteiger partial charge on any atom is -0.385 e. The summed E-state index contributed by atoms with van der Waals surface area (Å²) < 4.78 is 29.4. The summed E-state index contributed by atoms with van der Waals surface area (Å²) in [5.74, 6) is 0. The summed E-state index contributed by atoms with van der Waals surface area (Å²) in [6.45, 7) is 2.46. The quantitative estimate of drug-likeness (QED) is 0.607. The number of hydrogen-bond donors (Lipinski definition) is 0. The average Bonchev–Trinajstić information content (AvgIpc) is 2.11. The molecule has 0 rings (SSSR count). The van der Waals surface area contributed by atoms with Crippen LogP contribution in [-0.4, -0.2) is 45.8 Å². The zero-order chi connectivity index (χ0) is 11.2. The highest BCUT2D eigenvalue weighted by Gasteiger charge is 2.22. The lowest BCUT2D eigenvalue weighted by Gasteiger charge is -2.17. The molecule has 0 aromatic rings. The van der Waals surface area contributed by atoms with Crippen molar-refractivity contribution < 1.29 is 13.2 Å². The minimum absolute atomic E-state index is 0.297. The monoisotopic (exact) mass is 223 g/mol. The standard InChI is InChI=1S/C9H21NO3S/c1-9(7-5-6-8-13-4)14(11,12)10(2)3/h9H,5-8H2,1-4H3/t9-/m0/s1. The maximum absolute atomic E-state index is 11.6. The predicted molar refractivity (Wildman–Crippen MR) is 57.8 cm³/mol. The van der Waals surface area contributed by atoms with E-state index in [9.17, 15) is 8.42 Å². The van der Waals surface area contributed by atoms with Crippen molar-refractivity contribution in [2.24, 2.45) is 0 Å². The minimum atomic E-state index is -3.07. The third-order valence-electron chi connectivity index (χ3n) is 2.23. The van der Waals surface area contributed by atoms with Crippen LogP contribution in [0.25, 0.3) is 0 Å². The number of unbranched alkanes of at least 4 members (excludes halogenated alkanes) is 1. The molecule has 0 spiro atoms. The van der Waals surface area contributed by atoms with Crippen LogP contribution in [0.3, 0.4) is 0 Å². The fourth-order valence-corrected chi connectivity index (χ4v) is 2.37. The van der Waals surface area contributed by atoms with Gasteiger partial charge in [-0.05, 0) is 26.2 Å². The van der Waals surface area contributed by atoms with Gasteiger partial charge in [-0.3, -0.25) is 0 Å². The van der Waals surface area contributed by atoms with E-state index in [1.165, 1.54) is 4.31 Å². The van der Waals surface area contributed by atoms with E-state index in [0.29, 0.717) is 13.0 Å². The molecule has 0 heterocycles. The summed E-state index contributed by atoms with van der Waals surface area (Å²) in [5, 5.41) is -0.297. The summed E-state index contributed by atoms with van der Waals surface area (Å²) in [7, 11) is 1.72. The van der Waals surface area contributed by atoms with Crippen molar-refractivity contribution in [2.45, 2.75) is 31.4 Å². The van der Waals surface area contributed by atoms with Crippen molar-refractivity contribution in [2.75, 3.05) is 27.8 Å². The Morgan fingerprint density at radius 1 is 1.29 bits per heavy atom. The van der Waals surface area contributed by atoms with Gasteiger partial charge in [0, 0.05) is 27.8 Å². The van der Waals surface area contributed by atoms with Crippen LogP contribution < -0.4 is 0 Å². The second-order valence-corrected chi connectivity index (χ2v) is 6.19. The van der Waals surface area contributed by atoms with Gasteiger partial charge in [-0.15, -0.1) is 0 Å². The Labute approximate surface area is 87.3 Å². The lowest BCUT2D eigenvalue weighted by molar-refractivity contribution is 0.192. The lowest BCUT2D eigenvalue weighted by Crippen LogP contribution is -2.31. The van der Waals surface area contributed by atoms with Crippen LogP contribution >= 0.6 is 0 Å². The fraction of sp³-hybridized carbons (Fsp3) is 1.00. The number of nitrogens with zero attached hydrogens (tertiary/aromatic N) is 1.